The Labute approximate surface area is 75.6 Å². The largest absolute Gasteiger partial charge is 0.392 e. The Bertz CT molecular complexity index is 108. The normalized spacial score (nSPS) is 23.5. The minimum atomic E-state index is -0.108. The van der Waals surface area contributed by atoms with Crippen LogP contribution in [0.1, 0.15) is 39.0 Å². The van der Waals surface area contributed by atoms with E-state index in [0.29, 0.717) is 0 Å². The molecule has 0 radical (unpaired) electrons. The summed E-state index contributed by atoms with van der Waals surface area (Å²) in [7, 11) is 0. The SMILES string of the molecule is CC[C@@H](O)CN1CCCCCC1. The van der Waals surface area contributed by atoms with Crippen LogP contribution in [0.5, 0.6) is 0 Å². The van der Waals surface area contributed by atoms with Gasteiger partial charge in [-0.05, 0) is 32.4 Å². The number of nitrogens with zero attached hydrogens (tertiary/aromatic N) is 1. The van der Waals surface area contributed by atoms with Crippen LogP contribution in [0.3, 0.4) is 0 Å². The van der Waals surface area contributed by atoms with Crippen LogP contribution >= 0.6 is 0 Å². The number of aliphatic hydroxyl groups excluding tert-OH is 1. The van der Waals surface area contributed by atoms with Crippen molar-refractivity contribution < 1.29 is 5.11 Å². The average molecular weight is 171 g/mol. The summed E-state index contributed by atoms with van der Waals surface area (Å²) in [5, 5.41) is 9.46. The van der Waals surface area contributed by atoms with Crippen LogP contribution in [0.2, 0.25) is 0 Å². The Kier molecular flexibility index (Phi) is 4.62. The summed E-state index contributed by atoms with van der Waals surface area (Å²) in [6.45, 7) is 5.31. The lowest BCUT2D eigenvalue weighted by atomic mass is 10.2. The summed E-state index contributed by atoms with van der Waals surface area (Å²) in [6, 6.07) is 0. The number of likely N-dealkylation sites (tertiary alicyclic amines) is 1. The lowest BCUT2D eigenvalue weighted by Gasteiger charge is -2.22. The second-order valence-electron chi connectivity index (χ2n) is 3.78. The van der Waals surface area contributed by atoms with Crippen LogP contribution in [-0.2, 0) is 0 Å². The molecule has 2 heteroatoms. The molecule has 1 fully saturated rings. The van der Waals surface area contributed by atoms with E-state index < -0.39 is 0 Å². The molecular formula is C10H21NO. The molecule has 2 nitrogen and oxygen atoms in total. The first-order valence-corrected chi connectivity index (χ1v) is 5.23. The fourth-order valence-corrected chi connectivity index (χ4v) is 1.75. The van der Waals surface area contributed by atoms with Gasteiger partial charge >= 0.3 is 0 Å². The Hall–Kier alpha value is -0.0800. The van der Waals surface area contributed by atoms with Gasteiger partial charge in [0.05, 0.1) is 6.10 Å². The second-order valence-corrected chi connectivity index (χ2v) is 3.78. The van der Waals surface area contributed by atoms with Crippen molar-refractivity contribution in [2.45, 2.75) is 45.1 Å². The zero-order valence-corrected chi connectivity index (χ0v) is 8.13. The summed E-state index contributed by atoms with van der Waals surface area (Å²) in [4.78, 5) is 2.40. The molecule has 0 aliphatic carbocycles. The number of hydrogen-bond acceptors (Lipinski definition) is 2. The Morgan fingerprint density at radius 2 is 1.75 bits per heavy atom. The molecule has 1 heterocycles. The zero-order valence-electron chi connectivity index (χ0n) is 8.13. The van der Waals surface area contributed by atoms with Crippen molar-refractivity contribution in [1.29, 1.82) is 0 Å². The molecular weight excluding hydrogens is 150 g/mol. The maximum Gasteiger partial charge on any atom is 0.0664 e. The first-order valence-electron chi connectivity index (χ1n) is 5.23. The van der Waals surface area contributed by atoms with Gasteiger partial charge < -0.3 is 10.0 Å². The third-order valence-electron chi connectivity index (χ3n) is 2.64. The van der Waals surface area contributed by atoms with E-state index in [1.54, 1.807) is 0 Å². The Morgan fingerprint density at radius 3 is 2.25 bits per heavy atom. The standard InChI is InChI=1S/C10H21NO/c1-2-10(12)9-11-7-5-3-4-6-8-11/h10,12H,2-9H2,1H3/t10-/m1/s1. The minimum absolute atomic E-state index is 0.108. The molecule has 0 aromatic carbocycles. The van der Waals surface area contributed by atoms with Gasteiger partial charge in [0.2, 0.25) is 0 Å². The van der Waals surface area contributed by atoms with Crippen LogP contribution < -0.4 is 0 Å². The number of rotatable bonds is 3. The quantitative estimate of drug-likeness (QED) is 0.697. The zero-order chi connectivity index (χ0) is 8.81. The smallest absolute Gasteiger partial charge is 0.0664 e. The molecule has 0 amide bonds. The summed E-state index contributed by atoms with van der Waals surface area (Å²) in [5.74, 6) is 0. The molecule has 1 atom stereocenters. The van der Waals surface area contributed by atoms with Gasteiger partial charge in [0, 0.05) is 6.54 Å². The lowest BCUT2D eigenvalue weighted by Crippen LogP contribution is -2.32. The molecule has 1 N–H and O–H groups in total. The number of aliphatic hydroxyl groups is 1. The van der Waals surface area contributed by atoms with Gasteiger partial charge in [0.1, 0.15) is 0 Å². The van der Waals surface area contributed by atoms with Crippen LogP contribution in [0.25, 0.3) is 0 Å². The summed E-state index contributed by atoms with van der Waals surface area (Å²) < 4.78 is 0. The van der Waals surface area contributed by atoms with E-state index in [0.717, 1.165) is 13.0 Å². The van der Waals surface area contributed by atoms with E-state index in [-0.39, 0.29) is 6.10 Å². The molecule has 0 aromatic rings. The summed E-state index contributed by atoms with van der Waals surface area (Å²) in [5.41, 5.74) is 0. The Morgan fingerprint density at radius 1 is 1.17 bits per heavy atom. The molecule has 1 rings (SSSR count). The molecule has 1 aliphatic heterocycles. The highest BCUT2D eigenvalue weighted by Gasteiger charge is 2.11. The summed E-state index contributed by atoms with van der Waals surface area (Å²) >= 11 is 0. The fourth-order valence-electron chi connectivity index (χ4n) is 1.75. The molecule has 12 heavy (non-hydrogen) atoms. The van der Waals surface area contributed by atoms with Crippen molar-refractivity contribution >= 4 is 0 Å². The van der Waals surface area contributed by atoms with E-state index >= 15 is 0 Å². The topological polar surface area (TPSA) is 23.5 Å². The Balaban J connectivity index is 2.20. The van der Waals surface area contributed by atoms with E-state index in [4.69, 9.17) is 0 Å². The van der Waals surface area contributed by atoms with Gasteiger partial charge in [-0.1, -0.05) is 19.8 Å². The molecule has 0 unspecified atom stereocenters. The van der Waals surface area contributed by atoms with Crippen LogP contribution in [0, 0.1) is 0 Å². The van der Waals surface area contributed by atoms with Crippen molar-refractivity contribution in [2.75, 3.05) is 19.6 Å². The predicted octanol–water partition coefficient (Wildman–Crippen LogP) is 1.63. The van der Waals surface area contributed by atoms with Crippen molar-refractivity contribution in [3.63, 3.8) is 0 Å². The maximum atomic E-state index is 9.46. The molecule has 0 spiro atoms. The van der Waals surface area contributed by atoms with Crippen molar-refractivity contribution in [3.8, 4) is 0 Å². The van der Waals surface area contributed by atoms with Gasteiger partial charge in [-0.3, -0.25) is 0 Å². The molecule has 0 aromatic heterocycles. The highest BCUT2D eigenvalue weighted by atomic mass is 16.3. The van der Waals surface area contributed by atoms with E-state index in [2.05, 4.69) is 4.90 Å². The van der Waals surface area contributed by atoms with Gasteiger partial charge in [-0.2, -0.15) is 0 Å². The number of hydrogen-bond donors (Lipinski definition) is 1. The van der Waals surface area contributed by atoms with Crippen molar-refractivity contribution in [1.82, 2.24) is 4.90 Å². The fraction of sp³-hybridized carbons (Fsp3) is 1.00. The molecule has 1 aliphatic rings. The molecule has 0 saturated carbocycles. The van der Waals surface area contributed by atoms with E-state index in [1.165, 1.54) is 38.8 Å². The average Bonchev–Trinajstić information content (AvgIpc) is 2.33. The maximum absolute atomic E-state index is 9.46. The molecule has 72 valence electrons. The van der Waals surface area contributed by atoms with E-state index in [1.807, 2.05) is 6.92 Å². The first-order chi connectivity index (χ1) is 5.83. The molecule has 1 saturated heterocycles. The number of β-amino-alcohol motifs (C(OH)–C–C–N with tert-alkyl or cyclic N) is 1. The van der Waals surface area contributed by atoms with Gasteiger partial charge in [-0.25, -0.2) is 0 Å². The first kappa shape index (κ1) is 10.0. The van der Waals surface area contributed by atoms with Gasteiger partial charge in [0.15, 0.2) is 0 Å². The van der Waals surface area contributed by atoms with Crippen molar-refractivity contribution in [2.24, 2.45) is 0 Å². The van der Waals surface area contributed by atoms with Crippen LogP contribution in [-0.4, -0.2) is 35.7 Å². The van der Waals surface area contributed by atoms with Crippen LogP contribution in [0.15, 0.2) is 0 Å². The third-order valence-corrected chi connectivity index (χ3v) is 2.64. The lowest BCUT2D eigenvalue weighted by molar-refractivity contribution is 0.111. The predicted molar refractivity (Wildman–Crippen MR) is 51.2 cm³/mol. The van der Waals surface area contributed by atoms with Crippen LogP contribution in [0.4, 0.5) is 0 Å². The monoisotopic (exact) mass is 171 g/mol. The summed E-state index contributed by atoms with van der Waals surface area (Å²) in [6.07, 6.45) is 6.16. The second kappa shape index (κ2) is 5.55. The minimum Gasteiger partial charge on any atom is -0.392 e. The highest BCUT2D eigenvalue weighted by molar-refractivity contribution is 4.66. The van der Waals surface area contributed by atoms with Crippen molar-refractivity contribution in [3.05, 3.63) is 0 Å². The molecule has 0 bridgehead atoms. The third kappa shape index (κ3) is 3.55. The van der Waals surface area contributed by atoms with E-state index in [9.17, 15) is 5.11 Å². The van der Waals surface area contributed by atoms with Gasteiger partial charge in [0.25, 0.3) is 0 Å². The highest BCUT2D eigenvalue weighted by Crippen LogP contribution is 2.10. The van der Waals surface area contributed by atoms with Gasteiger partial charge in [-0.15, -0.1) is 0 Å².